The molecule has 3 heteroatoms. The first-order valence-electron chi connectivity index (χ1n) is 5.41. The normalized spacial score (nSPS) is 20.8. The van der Waals surface area contributed by atoms with Gasteiger partial charge in [0.15, 0.2) is 0 Å². The molecule has 1 unspecified atom stereocenters. The van der Waals surface area contributed by atoms with Gasteiger partial charge in [-0.1, -0.05) is 0 Å². The minimum absolute atomic E-state index is 0.594. The van der Waals surface area contributed by atoms with Gasteiger partial charge in [0, 0.05) is 10.9 Å². The van der Waals surface area contributed by atoms with Crippen molar-refractivity contribution in [1.82, 2.24) is 5.32 Å². The summed E-state index contributed by atoms with van der Waals surface area (Å²) in [6.45, 7) is 1.84. The molecule has 78 valence electrons. The summed E-state index contributed by atoms with van der Waals surface area (Å²) in [7, 11) is 0. The van der Waals surface area contributed by atoms with Gasteiger partial charge in [-0.2, -0.15) is 0 Å². The molecule has 3 N–H and O–H groups in total. The van der Waals surface area contributed by atoms with Crippen LogP contribution in [0.2, 0.25) is 0 Å². The maximum absolute atomic E-state index is 5.48. The molecule has 0 saturated carbocycles. The molecule has 1 aliphatic carbocycles. The lowest BCUT2D eigenvalue weighted by atomic mass is 9.94. The van der Waals surface area contributed by atoms with Crippen LogP contribution in [0.15, 0.2) is 11.4 Å². The highest BCUT2D eigenvalue weighted by molar-refractivity contribution is 7.10. The fraction of sp³-hybridized carbons (Fsp3) is 0.636. The van der Waals surface area contributed by atoms with E-state index in [-0.39, 0.29) is 0 Å². The number of rotatable bonds is 4. The maximum atomic E-state index is 5.48. The minimum atomic E-state index is 0.594. The molecule has 1 aromatic rings. The predicted octanol–water partition coefficient (Wildman–Crippen LogP) is 2.06. The number of hydrogen-bond acceptors (Lipinski definition) is 3. The molecule has 0 bridgehead atoms. The monoisotopic (exact) mass is 210 g/mol. The zero-order valence-corrected chi connectivity index (χ0v) is 9.28. The molecule has 0 saturated heterocycles. The molecule has 14 heavy (non-hydrogen) atoms. The van der Waals surface area contributed by atoms with Crippen LogP contribution < -0.4 is 11.1 Å². The zero-order valence-electron chi connectivity index (χ0n) is 8.46. The van der Waals surface area contributed by atoms with E-state index < -0.39 is 0 Å². The fourth-order valence-electron chi connectivity index (χ4n) is 2.08. The molecule has 0 aliphatic heterocycles. The molecule has 1 atom stereocenters. The molecular formula is C11H18N2S. The van der Waals surface area contributed by atoms with Gasteiger partial charge < -0.3 is 11.1 Å². The summed E-state index contributed by atoms with van der Waals surface area (Å²) >= 11 is 1.90. The fourth-order valence-corrected chi connectivity index (χ4v) is 3.06. The molecule has 0 amide bonds. The first kappa shape index (κ1) is 10.1. The van der Waals surface area contributed by atoms with Crippen LogP contribution in [-0.4, -0.2) is 13.1 Å². The Bertz CT molecular complexity index is 283. The zero-order chi connectivity index (χ0) is 9.80. The largest absolute Gasteiger partial charge is 0.330 e. The number of aryl methyl sites for hydroxylation is 1. The van der Waals surface area contributed by atoms with Gasteiger partial charge in [-0.3, -0.25) is 0 Å². The summed E-state index contributed by atoms with van der Waals surface area (Å²) in [4.78, 5) is 1.58. The van der Waals surface area contributed by atoms with Crippen LogP contribution in [0.4, 0.5) is 0 Å². The molecular weight excluding hydrogens is 192 g/mol. The third-order valence-corrected chi connectivity index (χ3v) is 3.82. The average Bonchev–Trinajstić information content (AvgIpc) is 2.67. The lowest BCUT2D eigenvalue weighted by Crippen LogP contribution is -2.26. The molecule has 0 spiro atoms. The summed E-state index contributed by atoms with van der Waals surface area (Å²) in [5, 5.41) is 5.81. The van der Waals surface area contributed by atoms with Gasteiger partial charge in [-0.05, 0) is 55.8 Å². The van der Waals surface area contributed by atoms with Gasteiger partial charge in [0.2, 0.25) is 0 Å². The molecule has 0 radical (unpaired) electrons. The lowest BCUT2D eigenvalue weighted by molar-refractivity contribution is 0.461. The van der Waals surface area contributed by atoms with Crippen LogP contribution in [0.3, 0.4) is 0 Å². The van der Waals surface area contributed by atoms with Gasteiger partial charge >= 0.3 is 0 Å². The van der Waals surface area contributed by atoms with Gasteiger partial charge in [-0.25, -0.2) is 0 Å². The van der Waals surface area contributed by atoms with Crippen LogP contribution in [0.25, 0.3) is 0 Å². The van der Waals surface area contributed by atoms with Crippen molar-refractivity contribution in [3.05, 3.63) is 21.9 Å². The molecule has 1 aliphatic rings. The van der Waals surface area contributed by atoms with E-state index >= 15 is 0 Å². The number of hydrogen-bond donors (Lipinski definition) is 2. The van der Waals surface area contributed by atoms with Crippen molar-refractivity contribution in [3.63, 3.8) is 0 Å². The van der Waals surface area contributed by atoms with E-state index in [0.717, 1.165) is 19.5 Å². The number of thiophene rings is 1. The van der Waals surface area contributed by atoms with Gasteiger partial charge in [0.05, 0.1) is 0 Å². The van der Waals surface area contributed by atoms with Gasteiger partial charge in [0.25, 0.3) is 0 Å². The molecule has 0 fully saturated rings. The molecule has 0 aromatic carbocycles. The predicted molar refractivity (Wildman–Crippen MR) is 61.7 cm³/mol. The van der Waals surface area contributed by atoms with E-state index in [0.29, 0.717) is 6.04 Å². The van der Waals surface area contributed by atoms with E-state index in [9.17, 15) is 0 Å². The Kier molecular flexibility index (Phi) is 3.56. The highest BCUT2D eigenvalue weighted by atomic mass is 32.1. The second-order valence-corrected chi connectivity index (χ2v) is 4.84. The van der Waals surface area contributed by atoms with Crippen molar-refractivity contribution in [3.8, 4) is 0 Å². The van der Waals surface area contributed by atoms with Crippen molar-refractivity contribution >= 4 is 11.3 Å². The maximum Gasteiger partial charge on any atom is 0.0331 e. The summed E-state index contributed by atoms with van der Waals surface area (Å²) in [6, 6.07) is 2.87. The summed E-state index contributed by atoms with van der Waals surface area (Å²) in [6.07, 6.45) is 4.97. The highest BCUT2D eigenvalue weighted by Crippen LogP contribution is 2.32. The Morgan fingerprint density at radius 3 is 3.36 bits per heavy atom. The Balaban J connectivity index is 1.94. The SMILES string of the molecule is NCCCNC1CCCc2sccc21. The van der Waals surface area contributed by atoms with E-state index in [1.165, 1.54) is 19.3 Å². The summed E-state index contributed by atoms with van der Waals surface area (Å²) in [5.74, 6) is 0. The standard InChI is InChI=1S/C11H18N2S/c12-6-2-7-13-10-3-1-4-11-9(10)5-8-14-11/h5,8,10,13H,1-4,6-7,12H2. The first-order chi connectivity index (χ1) is 6.92. The number of fused-ring (bicyclic) bond motifs is 1. The second kappa shape index (κ2) is 4.91. The number of nitrogens with one attached hydrogen (secondary N) is 1. The van der Waals surface area contributed by atoms with E-state index in [2.05, 4.69) is 16.8 Å². The van der Waals surface area contributed by atoms with Crippen LogP contribution in [-0.2, 0) is 6.42 Å². The van der Waals surface area contributed by atoms with Crippen molar-refractivity contribution in [1.29, 1.82) is 0 Å². The minimum Gasteiger partial charge on any atom is -0.330 e. The van der Waals surface area contributed by atoms with Gasteiger partial charge in [-0.15, -0.1) is 11.3 Å². The number of nitrogens with two attached hydrogens (primary N) is 1. The molecule has 1 aromatic heterocycles. The third-order valence-electron chi connectivity index (χ3n) is 2.82. The lowest BCUT2D eigenvalue weighted by Gasteiger charge is -2.23. The van der Waals surface area contributed by atoms with Crippen molar-refractivity contribution < 1.29 is 0 Å². The Labute approximate surface area is 89.5 Å². The van der Waals surface area contributed by atoms with Gasteiger partial charge in [0.1, 0.15) is 0 Å². The van der Waals surface area contributed by atoms with Crippen LogP contribution in [0.1, 0.15) is 35.7 Å². The van der Waals surface area contributed by atoms with Crippen LogP contribution in [0, 0.1) is 0 Å². The van der Waals surface area contributed by atoms with Crippen molar-refractivity contribution in [2.24, 2.45) is 5.73 Å². The molecule has 1 heterocycles. The van der Waals surface area contributed by atoms with E-state index in [1.54, 1.807) is 10.4 Å². The van der Waals surface area contributed by atoms with Crippen LogP contribution >= 0.6 is 11.3 Å². The van der Waals surface area contributed by atoms with E-state index in [4.69, 9.17) is 5.73 Å². The first-order valence-corrected chi connectivity index (χ1v) is 6.29. The van der Waals surface area contributed by atoms with Crippen molar-refractivity contribution in [2.45, 2.75) is 31.7 Å². The topological polar surface area (TPSA) is 38.0 Å². The Morgan fingerprint density at radius 1 is 1.57 bits per heavy atom. The second-order valence-electron chi connectivity index (χ2n) is 3.84. The Hall–Kier alpha value is -0.380. The smallest absolute Gasteiger partial charge is 0.0331 e. The summed E-state index contributed by atoms with van der Waals surface area (Å²) < 4.78 is 0. The Morgan fingerprint density at radius 2 is 2.50 bits per heavy atom. The average molecular weight is 210 g/mol. The van der Waals surface area contributed by atoms with E-state index in [1.807, 2.05) is 11.3 Å². The van der Waals surface area contributed by atoms with Crippen LogP contribution in [0.5, 0.6) is 0 Å². The molecule has 2 nitrogen and oxygen atoms in total. The molecule has 2 rings (SSSR count). The van der Waals surface area contributed by atoms with Crippen molar-refractivity contribution in [2.75, 3.05) is 13.1 Å². The summed E-state index contributed by atoms with van der Waals surface area (Å²) in [5.41, 5.74) is 7.02. The third kappa shape index (κ3) is 2.16. The highest BCUT2D eigenvalue weighted by Gasteiger charge is 2.19. The quantitative estimate of drug-likeness (QED) is 0.747.